The van der Waals surface area contributed by atoms with E-state index in [0.717, 1.165) is 27.4 Å². The first-order chi connectivity index (χ1) is 11.3. The Bertz CT molecular complexity index is 684. The van der Waals surface area contributed by atoms with Crippen molar-refractivity contribution in [1.82, 2.24) is 9.97 Å². The van der Waals surface area contributed by atoms with E-state index >= 15 is 0 Å². The molecule has 0 radical (unpaired) electrons. The highest BCUT2D eigenvalue weighted by atomic mass is 32.2. The van der Waals surface area contributed by atoms with Crippen LogP contribution in [-0.4, -0.2) is 9.97 Å². The van der Waals surface area contributed by atoms with Crippen molar-refractivity contribution < 1.29 is 0 Å². The van der Waals surface area contributed by atoms with Gasteiger partial charge in [-0.1, -0.05) is 72.4 Å². The van der Waals surface area contributed by atoms with Crippen LogP contribution in [-0.2, 0) is 11.5 Å². The maximum absolute atomic E-state index is 4.68. The van der Waals surface area contributed by atoms with Crippen LogP contribution in [0.1, 0.15) is 16.8 Å². The Balaban J connectivity index is 1.64. The molecule has 2 nitrogen and oxygen atoms in total. The van der Waals surface area contributed by atoms with Crippen molar-refractivity contribution in [2.75, 3.05) is 0 Å². The molecule has 1 heterocycles. The van der Waals surface area contributed by atoms with E-state index in [0.29, 0.717) is 0 Å². The van der Waals surface area contributed by atoms with E-state index in [2.05, 4.69) is 64.6 Å². The van der Waals surface area contributed by atoms with Gasteiger partial charge in [-0.05, 0) is 24.1 Å². The molecule has 0 bridgehead atoms. The van der Waals surface area contributed by atoms with Crippen LogP contribution in [0, 0.1) is 6.92 Å². The number of aryl methyl sites for hydroxylation is 1. The molecule has 0 aliphatic rings. The first-order valence-corrected chi connectivity index (χ1v) is 9.46. The summed E-state index contributed by atoms with van der Waals surface area (Å²) in [6.45, 7) is 2.03. The second-order valence-electron chi connectivity index (χ2n) is 5.18. The Morgan fingerprint density at radius 1 is 0.739 bits per heavy atom. The zero-order valence-electron chi connectivity index (χ0n) is 13.0. The molecule has 0 atom stereocenters. The van der Waals surface area contributed by atoms with Gasteiger partial charge in [-0.3, -0.25) is 0 Å². The molecule has 0 unspecified atom stereocenters. The number of benzene rings is 2. The lowest BCUT2D eigenvalue weighted by Crippen LogP contribution is -1.93. The van der Waals surface area contributed by atoms with Crippen molar-refractivity contribution in [3.8, 4) is 0 Å². The molecular weight excluding hydrogens is 320 g/mol. The van der Waals surface area contributed by atoms with Crippen molar-refractivity contribution >= 4 is 23.5 Å². The number of hydrogen-bond acceptors (Lipinski definition) is 4. The quantitative estimate of drug-likeness (QED) is 0.343. The maximum Gasteiger partial charge on any atom is 0.189 e. The van der Waals surface area contributed by atoms with Crippen molar-refractivity contribution in [2.24, 2.45) is 0 Å². The number of aromatic nitrogens is 2. The molecule has 23 heavy (non-hydrogen) atoms. The summed E-state index contributed by atoms with van der Waals surface area (Å²) in [4.78, 5) is 9.22. The molecule has 0 fully saturated rings. The van der Waals surface area contributed by atoms with Gasteiger partial charge in [-0.15, -0.1) is 11.8 Å². The summed E-state index contributed by atoms with van der Waals surface area (Å²) in [7, 11) is 0. The topological polar surface area (TPSA) is 25.8 Å². The summed E-state index contributed by atoms with van der Waals surface area (Å²) in [6, 6.07) is 23.0. The summed E-state index contributed by atoms with van der Waals surface area (Å²) >= 11 is 3.45. The van der Waals surface area contributed by atoms with Gasteiger partial charge >= 0.3 is 0 Å². The molecule has 0 spiro atoms. The Morgan fingerprint density at radius 2 is 1.30 bits per heavy atom. The SMILES string of the molecule is Cc1cc(SCc2ccccc2)nc(SCc2ccccc2)n1. The van der Waals surface area contributed by atoms with Crippen LogP contribution < -0.4 is 0 Å². The van der Waals surface area contributed by atoms with Gasteiger partial charge in [0.2, 0.25) is 0 Å². The molecular formula is C19H18N2S2. The van der Waals surface area contributed by atoms with Gasteiger partial charge in [0, 0.05) is 17.2 Å². The zero-order valence-corrected chi connectivity index (χ0v) is 14.6. The van der Waals surface area contributed by atoms with Gasteiger partial charge in [0.25, 0.3) is 0 Å². The Morgan fingerprint density at radius 3 is 1.91 bits per heavy atom. The van der Waals surface area contributed by atoms with Crippen LogP contribution in [0.15, 0.2) is 76.9 Å². The third-order valence-electron chi connectivity index (χ3n) is 3.25. The summed E-state index contributed by atoms with van der Waals surface area (Å²) in [5.41, 5.74) is 3.62. The maximum atomic E-state index is 4.68. The van der Waals surface area contributed by atoms with Gasteiger partial charge in [-0.25, -0.2) is 9.97 Å². The van der Waals surface area contributed by atoms with Crippen LogP contribution in [0.25, 0.3) is 0 Å². The molecule has 4 heteroatoms. The van der Waals surface area contributed by atoms with E-state index in [1.807, 2.05) is 19.1 Å². The van der Waals surface area contributed by atoms with Crippen LogP contribution in [0.4, 0.5) is 0 Å². The third-order valence-corrected chi connectivity index (χ3v) is 5.15. The molecule has 3 rings (SSSR count). The van der Waals surface area contributed by atoms with E-state index in [1.165, 1.54) is 11.1 Å². The normalized spacial score (nSPS) is 10.7. The highest BCUT2D eigenvalue weighted by Crippen LogP contribution is 2.25. The molecule has 0 N–H and O–H groups in total. The Kier molecular flexibility index (Phi) is 5.72. The monoisotopic (exact) mass is 338 g/mol. The van der Waals surface area contributed by atoms with Gasteiger partial charge in [0.05, 0.1) is 0 Å². The highest BCUT2D eigenvalue weighted by molar-refractivity contribution is 7.99. The first kappa shape index (κ1) is 16.1. The van der Waals surface area contributed by atoms with E-state index in [4.69, 9.17) is 0 Å². The lowest BCUT2D eigenvalue weighted by molar-refractivity contribution is 0.864. The molecule has 0 aliphatic heterocycles. The van der Waals surface area contributed by atoms with Crippen LogP contribution in [0.3, 0.4) is 0 Å². The minimum absolute atomic E-state index is 0.851. The number of rotatable bonds is 6. The Labute approximate surface area is 145 Å². The predicted octanol–water partition coefficient (Wildman–Crippen LogP) is 5.37. The van der Waals surface area contributed by atoms with Gasteiger partial charge in [0.15, 0.2) is 5.16 Å². The van der Waals surface area contributed by atoms with Crippen LogP contribution in [0.2, 0.25) is 0 Å². The third kappa shape index (κ3) is 5.12. The average Bonchev–Trinajstić information content (AvgIpc) is 2.60. The fourth-order valence-corrected chi connectivity index (χ4v) is 3.93. The van der Waals surface area contributed by atoms with E-state index in [9.17, 15) is 0 Å². The first-order valence-electron chi connectivity index (χ1n) is 7.49. The lowest BCUT2D eigenvalue weighted by Gasteiger charge is -2.06. The molecule has 0 saturated carbocycles. The predicted molar refractivity (Wildman–Crippen MR) is 98.8 cm³/mol. The minimum atomic E-state index is 0.851. The number of hydrogen-bond donors (Lipinski definition) is 0. The zero-order chi connectivity index (χ0) is 15.9. The van der Waals surface area contributed by atoms with Crippen molar-refractivity contribution in [2.45, 2.75) is 28.6 Å². The second-order valence-corrected chi connectivity index (χ2v) is 7.12. The summed E-state index contributed by atoms with van der Waals surface area (Å²) in [5, 5.41) is 1.89. The molecule has 0 amide bonds. The fraction of sp³-hybridized carbons (Fsp3) is 0.158. The molecule has 0 saturated heterocycles. The van der Waals surface area contributed by atoms with Gasteiger partial charge < -0.3 is 0 Å². The van der Waals surface area contributed by atoms with Crippen molar-refractivity contribution in [1.29, 1.82) is 0 Å². The molecule has 2 aromatic carbocycles. The van der Waals surface area contributed by atoms with Gasteiger partial charge in [-0.2, -0.15) is 0 Å². The van der Waals surface area contributed by atoms with Crippen molar-refractivity contribution in [3.05, 3.63) is 83.6 Å². The van der Waals surface area contributed by atoms with Gasteiger partial charge in [0.1, 0.15) is 5.03 Å². The fourth-order valence-electron chi connectivity index (χ4n) is 2.11. The number of nitrogens with zero attached hydrogens (tertiary/aromatic N) is 2. The van der Waals surface area contributed by atoms with E-state index in [-0.39, 0.29) is 0 Å². The van der Waals surface area contributed by atoms with E-state index < -0.39 is 0 Å². The second kappa shape index (κ2) is 8.18. The lowest BCUT2D eigenvalue weighted by atomic mass is 10.2. The van der Waals surface area contributed by atoms with Crippen LogP contribution >= 0.6 is 23.5 Å². The Hall–Kier alpha value is -1.78. The standard InChI is InChI=1S/C19H18N2S2/c1-15-12-18(22-13-16-8-4-2-5-9-16)21-19(20-15)23-14-17-10-6-3-7-11-17/h2-12H,13-14H2,1H3. The smallest absolute Gasteiger partial charge is 0.189 e. The molecule has 3 aromatic rings. The molecule has 116 valence electrons. The molecule has 1 aromatic heterocycles. The minimum Gasteiger partial charge on any atom is -0.228 e. The average molecular weight is 339 g/mol. The largest absolute Gasteiger partial charge is 0.228 e. The highest BCUT2D eigenvalue weighted by Gasteiger charge is 2.05. The van der Waals surface area contributed by atoms with Crippen molar-refractivity contribution in [3.63, 3.8) is 0 Å². The summed E-state index contributed by atoms with van der Waals surface area (Å²) in [6.07, 6.45) is 0. The van der Waals surface area contributed by atoms with Crippen LogP contribution in [0.5, 0.6) is 0 Å². The molecule has 0 aliphatic carbocycles. The number of thioether (sulfide) groups is 2. The summed E-state index contributed by atoms with van der Waals surface area (Å²) < 4.78 is 0. The summed E-state index contributed by atoms with van der Waals surface area (Å²) in [5.74, 6) is 1.83. The van der Waals surface area contributed by atoms with E-state index in [1.54, 1.807) is 23.5 Å².